The van der Waals surface area contributed by atoms with Gasteiger partial charge in [0.15, 0.2) is 5.78 Å². The predicted molar refractivity (Wildman–Crippen MR) is 36.0 cm³/mol. The van der Waals surface area contributed by atoms with Gasteiger partial charge in [0.1, 0.15) is 6.61 Å². The highest BCUT2D eigenvalue weighted by Gasteiger charge is 1.89. The Kier molecular flexibility index (Phi) is 3.97. The number of ether oxygens (including phenoxy) is 1. The molecule has 0 spiro atoms. The number of nitriles is 1. The predicted octanol–water partition coefficient (Wildman–Crippen LogP) is 1.02. The van der Waals surface area contributed by atoms with Gasteiger partial charge in [-0.3, -0.25) is 4.79 Å². The fraction of sp³-hybridized carbons (Fsp3) is 0.429. The lowest BCUT2D eigenvalue weighted by molar-refractivity contribution is -0.119. The van der Waals surface area contributed by atoms with Crippen LogP contribution in [0.15, 0.2) is 11.8 Å². The van der Waals surface area contributed by atoms with Crippen LogP contribution in [0.25, 0.3) is 0 Å². The van der Waals surface area contributed by atoms with E-state index in [0.717, 1.165) is 0 Å². The molecule has 0 saturated carbocycles. The third-order valence-corrected chi connectivity index (χ3v) is 0.723. The van der Waals surface area contributed by atoms with Crippen molar-refractivity contribution in [3.05, 3.63) is 11.8 Å². The smallest absolute Gasteiger partial charge is 0.167 e. The molecular weight excluding hydrogens is 130 g/mol. The molecule has 10 heavy (non-hydrogen) atoms. The maximum absolute atomic E-state index is 10.3. The Balaban J connectivity index is 3.56. The zero-order valence-corrected chi connectivity index (χ0v) is 6.05. The number of carbonyl (C=O) groups excluding carboxylic acids is 1. The van der Waals surface area contributed by atoms with Gasteiger partial charge in [0, 0.05) is 0 Å². The second kappa shape index (κ2) is 4.57. The minimum absolute atomic E-state index is 0.0407. The number of allylic oxidation sites excluding steroid dienone is 1. The Hall–Kier alpha value is -1.30. The van der Waals surface area contributed by atoms with Gasteiger partial charge in [-0.05, 0) is 13.8 Å². The maximum Gasteiger partial charge on any atom is 0.167 e. The van der Waals surface area contributed by atoms with Gasteiger partial charge in [-0.15, -0.1) is 0 Å². The zero-order chi connectivity index (χ0) is 7.98. The first-order valence-electron chi connectivity index (χ1n) is 2.84. The summed E-state index contributed by atoms with van der Waals surface area (Å²) >= 11 is 0. The fourth-order valence-electron chi connectivity index (χ4n) is 0.310. The highest BCUT2D eigenvalue weighted by atomic mass is 16.5. The quantitative estimate of drug-likeness (QED) is 0.433. The summed E-state index contributed by atoms with van der Waals surface area (Å²) in [6.45, 7) is 3.08. The van der Waals surface area contributed by atoms with Crippen LogP contribution in [-0.4, -0.2) is 12.4 Å². The van der Waals surface area contributed by atoms with Gasteiger partial charge in [-0.1, -0.05) is 0 Å². The first kappa shape index (κ1) is 8.70. The highest BCUT2D eigenvalue weighted by Crippen LogP contribution is 1.89. The summed E-state index contributed by atoms with van der Waals surface area (Å²) in [6, 6.07) is 1.86. The van der Waals surface area contributed by atoms with Gasteiger partial charge in [-0.25, -0.2) is 0 Å². The van der Waals surface area contributed by atoms with Crippen molar-refractivity contribution < 1.29 is 9.53 Å². The molecule has 0 unspecified atom stereocenters. The summed E-state index contributed by atoms with van der Waals surface area (Å²) in [5, 5.41) is 8.22. The van der Waals surface area contributed by atoms with Gasteiger partial charge in [-0.2, -0.15) is 5.26 Å². The molecule has 0 heterocycles. The van der Waals surface area contributed by atoms with Crippen LogP contribution < -0.4 is 0 Å². The van der Waals surface area contributed by atoms with Crippen molar-refractivity contribution in [3.8, 4) is 6.07 Å². The van der Waals surface area contributed by atoms with Crippen molar-refractivity contribution >= 4 is 5.78 Å². The van der Waals surface area contributed by atoms with Crippen LogP contribution >= 0.6 is 0 Å². The first-order chi connectivity index (χ1) is 4.66. The minimum Gasteiger partial charge on any atom is -0.492 e. The number of Topliss-reactive ketones (excluding diaryl/α,β-unsaturated/α-hetero) is 1. The van der Waals surface area contributed by atoms with Crippen LogP contribution in [-0.2, 0) is 9.53 Å². The zero-order valence-electron chi connectivity index (χ0n) is 6.05. The third kappa shape index (κ3) is 4.85. The standard InChI is InChI=1S/C7H9NO2/c1-6(3-8)4-10-5-7(2)9/h4H,5H2,1-2H3/b6-4-. The lowest BCUT2D eigenvalue weighted by Gasteiger charge is -1.93. The Morgan fingerprint density at radius 1 is 1.70 bits per heavy atom. The van der Waals surface area contributed by atoms with Crippen LogP contribution in [0.2, 0.25) is 0 Å². The van der Waals surface area contributed by atoms with Gasteiger partial charge >= 0.3 is 0 Å². The van der Waals surface area contributed by atoms with Gasteiger partial charge in [0.2, 0.25) is 0 Å². The van der Waals surface area contributed by atoms with Crippen molar-refractivity contribution in [2.75, 3.05) is 6.61 Å². The summed E-state index contributed by atoms with van der Waals surface area (Å²) in [5.74, 6) is -0.0537. The molecule has 0 atom stereocenters. The van der Waals surface area contributed by atoms with Crippen molar-refractivity contribution in [3.63, 3.8) is 0 Å². The molecule has 0 saturated heterocycles. The number of rotatable bonds is 3. The maximum atomic E-state index is 10.3. The fourth-order valence-corrected chi connectivity index (χ4v) is 0.310. The minimum atomic E-state index is -0.0537. The molecule has 0 aliphatic rings. The summed E-state index contributed by atoms with van der Waals surface area (Å²) in [7, 11) is 0. The van der Waals surface area contributed by atoms with Crippen LogP contribution in [0, 0.1) is 11.3 Å². The molecule has 0 aromatic rings. The second-order valence-electron chi connectivity index (χ2n) is 1.93. The van der Waals surface area contributed by atoms with E-state index in [9.17, 15) is 4.79 Å². The van der Waals surface area contributed by atoms with Crippen molar-refractivity contribution in [1.82, 2.24) is 0 Å². The van der Waals surface area contributed by atoms with Crippen LogP contribution in [0.3, 0.4) is 0 Å². The molecule has 0 rings (SSSR count). The van der Waals surface area contributed by atoms with Gasteiger partial charge in [0.25, 0.3) is 0 Å². The summed E-state index contributed by atoms with van der Waals surface area (Å²) in [4.78, 5) is 10.3. The Bertz CT molecular complexity index is 188. The average molecular weight is 139 g/mol. The number of nitrogens with zero attached hydrogens (tertiary/aromatic N) is 1. The molecule has 0 aromatic heterocycles. The molecule has 0 fully saturated rings. The normalized spacial score (nSPS) is 10.3. The van der Waals surface area contributed by atoms with E-state index < -0.39 is 0 Å². The molecule has 3 nitrogen and oxygen atoms in total. The van der Waals surface area contributed by atoms with E-state index in [-0.39, 0.29) is 12.4 Å². The Morgan fingerprint density at radius 3 is 2.70 bits per heavy atom. The number of carbonyl (C=O) groups is 1. The Labute approximate surface area is 59.9 Å². The molecule has 0 aromatic carbocycles. The summed E-state index contributed by atoms with van der Waals surface area (Å²) < 4.78 is 4.71. The van der Waals surface area contributed by atoms with Crippen LogP contribution in [0.1, 0.15) is 13.8 Å². The second-order valence-corrected chi connectivity index (χ2v) is 1.93. The van der Waals surface area contributed by atoms with E-state index in [1.165, 1.54) is 13.2 Å². The van der Waals surface area contributed by atoms with Crippen LogP contribution in [0.5, 0.6) is 0 Å². The molecular formula is C7H9NO2. The number of hydrogen-bond donors (Lipinski definition) is 0. The molecule has 3 heteroatoms. The van der Waals surface area contributed by atoms with Crippen molar-refractivity contribution in [1.29, 1.82) is 5.26 Å². The molecule has 0 N–H and O–H groups in total. The SMILES string of the molecule is CC(=O)CO/C=C(/C)C#N. The Morgan fingerprint density at radius 2 is 2.30 bits per heavy atom. The van der Waals surface area contributed by atoms with Gasteiger partial charge in [0.05, 0.1) is 17.9 Å². The van der Waals surface area contributed by atoms with E-state index in [1.54, 1.807) is 6.92 Å². The summed E-state index contributed by atoms with van der Waals surface area (Å²) in [5.41, 5.74) is 0.459. The largest absolute Gasteiger partial charge is 0.492 e. The van der Waals surface area contributed by atoms with Gasteiger partial charge < -0.3 is 4.74 Å². The molecule has 0 aliphatic carbocycles. The molecule has 0 radical (unpaired) electrons. The van der Waals surface area contributed by atoms with E-state index in [2.05, 4.69) is 0 Å². The van der Waals surface area contributed by atoms with E-state index in [0.29, 0.717) is 5.57 Å². The van der Waals surface area contributed by atoms with Crippen LogP contribution in [0.4, 0.5) is 0 Å². The number of ketones is 1. The average Bonchev–Trinajstić information content (AvgIpc) is 1.87. The molecule has 0 bridgehead atoms. The van der Waals surface area contributed by atoms with E-state index >= 15 is 0 Å². The summed E-state index contributed by atoms with van der Waals surface area (Å²) in [6.07, 6.45) is 1.28. The topological polar surface area (TPSA) is 50.1 Å². The molecule has 0 aliphatic heterocycles. The lowest BCUT2D eigenvalue weighted by atomic mass is 10.4. The molecule has 54 valence electrons. The molecule has 0 amide bonds. The van der Waals surface area contributed by atoms with Crippen molar-refractivity contribution in [2.24, 2.45) is 0 Å². The monoisotopic (exact) mass is 139 g/mol. The van der Waals surface area contributed by atoms with E-state index in [1.807, 2.05) is 6.07 Å². The third-order valence-electron chi connectivity index (χ3n) is 0.723. The van der Waals surface area contributed by atoms with E-state index in [4.69, 9.17) is 10.00 Å². The first-order valence-corrected chi connectivity index (χ1v) is 2.84. The lowest BCUT2D eigenvalue weighted by Crippen LogP contribution is -1.99. The van der Waals surface area contributed by atoms with Crippen molar-refractivity contribution in [2.45, 2.75) is 13.8 Å². The number of hydrogen-bond acceptors (Lipinski definition) is 3. The highest BCUT2D eigenvalue weighted by molar-refractivity contribution is 5.76.